The van der Waals surface area contributed by atoms with E-state index in [-0.39, 0.29) is 11.9 Å². The third-order valence-electron chi connectivity index (χ3n) is 3.33. The van der Waals surface area contributed by atoms with Gasteiger partial charge in [-0.1, -0.05) is 0 Å². The summed E-state index contributed by atoms with van der Waals surface area (Å²) in [7, 11) is 0. The van der Waals surface area contributed by atoms with Crippen LogP contribution in [-0.4, -0.2) is 59.7 Å². The van der Waals surface area contributed by atoms with Crippen molar-refractivity contribution in [3.05, 3.63) is 28.2 Å². The summed E-state index contributed by atoms with van der Waals surface area (Å²) in [4.78, 5) is 25.4. The molecule has 2 aliphatic heterocycles. The molecule has 1 aromatic rings. The fourth-order valence-electron chi connectivity index (χ4n) is 2.31. The molecule has 1 aromatic heterocycles. The van der Waals surface area contributed by atoms with Gasteiger partial charge >= 0.3 is 0 Å². The summed E-state index contributed by atoms with van der Waals surface area (Å²) >= 11 is 0. The van der Waals surface area contributed by atoms with E-state index in [2.05, 4.69) is 5.43 Å². The number of aromatic nitrogens is 1. The number of hydrogen-bond acceptors (Lipinski definition) is 6. The molecular weight excluding hydrogens is 266 g/mol. The third kappa shape index (κ3) is 2.12. The zero-order valence-electron chi connectivity index (χ0n) is 10.7. The molecule has 0 radical (unpaired) electrons. The third-order valence-corrected chi connectivity index (χ3v) is 3.33. The van der Waals surface area contributed by atoms with Crippen LogP contribution in [0.4, 0.5) is 0 Å². The predicted octanol–water partition coefficient (Wildman–Crippen LogP) is -1.07. The van der Waals surface area contributed by atoms with Crippen molar-refractivity contribution < 1.29 is 19.4 Å². The van der Waals surface area contributed by atoms with E-state index in [1.165, 1.54) is 21.8 Å². The van der Waals surface area contributed by atoms with Crippen LogP contribution in [0.2, 0.25) is 0 Å². The molecule has 0 spiro atoms. The zero-order chi connectivity index (χ0) is 14.1. The van der Waals surface area contributed by atoms with Gasteiger partial charge in [0.1, 0.15) is 6.17 Å². The highest BCUT2D eigenvalue weighted by atomic mass is 16.5. The van der Waals surface area contributed by atoms with E-state index >= 15 is 0 Å². The molecule has 8 heteroatoms. The lowest BCUT2D eigenvalue weighted by Crippen LogP contribution is -2.56. The predicted molar refractivity (Wildman–Crippen MR) is 68.2 cm³/mol. The number of amides is 1. The molecule has 0 bridgehead atoms. The summed E-state index contributed by atoms with van der Waals surface area (Å²) in [6, 6.07) is 1.20. The maximum atomic E-state index is 12.5. The molecule has 3 heterocycles. The van der Waals surface area contributed by atoms with E-state index in [1.54, 1.807) is 0 Å². The Morgan fingerprint density at radius 3 is 2.90 bits per heavy atom. The molecule has 0 aromatic carbocycles. The Kier molecular flexibility index (Phi) is 3.33. The number of pyridine rings is 1. The largest absolute Gasteiger partial charge is 0.502 e. The SMILES string of the molecule is O=C1c2c(O)c(=O)ccn2NC2COCCOCCN12. The standard InChI is InChI=1S/C12H15N3O5/c16-8-1-2-15-10(11(8)17)12(18)14-3-4-19-5-6-20-7-9(14)13-15/h1-2,9,13,17H,3-7H2. The van der Waals surface area contributed by atoms with Gasteiger partial charge in [-0.05, 0) is 0 Å². The average molecular weight is 281 g/mol. The van der Waals surface area contributed by atoms with Gasteiger partial charge in [0.05, 0.1) is 26.4 Å². The summed E-state index contributed by atoms with van der Waals surface area (Å²) in [6.07, 6.45) is 1.06. The van der Waals surface area contributed by atoms with Crippen LogP contribution < -0.4 is 10.9 Å². The summed E-state index contributed by atoms with van der Waals surface area (Å²) in [6.45, 7) is 1.99. The van der Waals surface area contributed by atoms with Crippen LogP contribution in [0.1, 0.15) is 10.5 Å². The Hall–Kier alpha value is -2.06. The van der Waals surface area contributed by atoms with Gasteiger partial charge in [0.15, 0.2) is 11.4 Å². The minimum atomic E-state index is -0.582. The van der Waals surface area contributed by atoms with Gasteiger partial charge in [0.25, 0.3) is 5.91 Å². The van der Waals surface area contributed by atoms with Crippen molar-refractivity contribution in [2.24, 2.45) is 0 Å². The second-order valence-corrected chi connectivity index (χ2v) is 4.58. The van der Waals surface area contributed by atoms with Gasteiger partial charge in [-0.15, -0.1) is 0 Å². The molecule has 3 rings (SSSR count). The van der Waals surface area contributed by atoms with Crippen LogP contribution in [0.3, 0.4) is 0 Å². The molecule has 0 aliphatic carbocycles. The van der Waals surface area contributed by atoms with Crippen LogP contribution in [-0.2, 0) is 9.47 Å². The van der Waals surface area contributed by atoms with Crippen molar-refractivity contribution in [1.29, 1.82) is 0 Å². The van der Waals surface area contributed by atoms with Crippen LogP contribution in [0, 0.1) is 0 Å². The van der Waals surface area contributed by atoms with E-state index in [9.17, 15) is 14.7 Å². The number of ether oxygens (including phenoxy) is 2. The number of carbonyl (C=O) groups excluding carboxylic acids is 1. The maximum absolute atomic E-state index is 12.5. The van der Waals surface area contributed by atoms with Gasteiger partial charge < -0.3 is 24.9 Å². The Balaban J connectivity index is 1.99. The normalized spacial score (nSPS) is 22.9. The highest BCUT2D eigenvalue weighted by Crippen LogP contribution is 2.20. The highest BCUT2D eigenvalue weighted by Gasteiger charge is 2.34. The van der Waals surface area contributed by atoms with Gasteiger partial charge in [-0.25, -0.2) is 0 Å². The number of fused-ring (bicyclic) bond motifs is 2. The fourth-order valence-corrected chi connectivity index (χ4v) is 2.31. The van der Waals surface area contributed by atoms with Crippen LogP contribution in [0.25, 0.3) is 0 Å². The molecule has 1 atom stereocenters. The highest BCUT2D eigenvalue weighted by molar-refractivity contribution is 5.96. The number of rotatable bonds is 0. The summed E-state index contributed by atoms with van der Waals surface area (Å²) in [5.41, 5.74) is 2.39. The molecular formula is C12H15N3O5. The lowest BCUT2D eigenvalue weighted by molar-refractivity contribution is 0.0437. The number of nitrogens with zero attached hydrogens (tertiary/aromatic N) is 2. The molecule has 2 N–H and O–H groups in total. The van der Waals surface area contributed by atoms with Crippen LogP contribution >= 0.6 is 0 Å². The lowest BCUT2D eigenvalue weighted by atomic mass is 10.2. The summed E-state index contributed by atoms with van der Waals surface area (Å²) in [5.74, 6) is -0.969. The van der Waals surface area contributed by atoms with Crippen molar-refractivity contribution in [2.75, 3.05) is 38.4 Å². The molecule has 108 valence electrons. The number of nitrogens with one attached hydrogen (secondary N) is 1. The van der Waals surface area contributed by atoms with Crippen molar-refractivity contribution in [1.82, 2.24) is 9.58 Å². The number of hydrogen-bond donors (Lipinski definition) is 2. The van der Waals surface area contributed by atoms with Gasteiger partial charge in [0, 0.05) is 18.8 Å². The Labute approximate surface area is 114 Å². The van der Waals surface area contributed by atoms with Crippen LogP contribution in [0.15, 0.2) is 17.1 Å². The first-order chi connectivity index (χ1) is 9.68. The van der Waals surface area contributed by atoms with Gasteiger partial charge in [0.2, 0.25) is 5.43 Å². The molecule has 20 heavy (non-hydrogen) atoms. The quantitative estimate of drug-likeness (QED) is 0.629. The van der Waals surface area contributed by atoms with E-state index in [0.717, 1.165) is 0 Å². The molecule has 1 unspecified atom stereocenters. The maximum Gasteiger partial charge on any atom is 0.278 e. The molecule has 1 fully saturated rings. The zero-order valence-corrected chi connectivity index (χ0v) is 10.7. The first-order valence-electron chi connectivity index (χ1n) is 6.36. The molecule has 2 aliphatic rings. The molecule has 1 amide bonds. The van der Waals surface area contributed by atoms with Crippen molar-refractivity contribution in [3.8, 4) is 5.75 Å². The Morgan fingerprint density at radius 1 is 1.25 bits per heavy atom. The minimum Gasteiger partial charge on any atom is -0.502 e. The number of aromatic hydroxyl groups is 1. The smallest absolute Gasteiger partial charge is 0.278 e. The van der Waals surface area contributed by atoms with E-state index in [4.69, 9.17) is 9.47 Å². The fraction of sp³-hybridized carbons (Fsp3) is 0.500. The molecule has 8 nitrogen and oxygen atoms in total. The number of carbonyl (C=O) groups is 1. The summed E-state index contributed by atoms with van der Waals surface area (Å²) in [5, 5.41) is 9.80. The monoisotopic (exact) mass is 281 g/mol. The molecule has 0 saturated carbocycles. The molecule has 1 saturated heterocycles. The second-order valence-electron chi connectivity index (χ2n) is 4.58. The van der Waals surface area contributed by atoms with Gasteiger partial charge in [-0.3, -0.25) is 14.3 Å². The lowest BCUT2D eigenvalue weighted by Gasteiger charge is -2.37. The van der Waals surface area contributed by atoms with Crippen LogP contribution in [0.5, 0.6) is 5.75 Å². The first kappa shape index (κ1) is 12.9. The summed E-state index contributed by atoms with van der Waals surface area (Å²) < 4.78 is 12.1. The minimum absolute atomic E-state index is 0.0620. The van der Waals surface area contributed by atoms with Crippen molar-refractivity contribution in [3.63, 3.8) is 0 Å². The average Bonchev–Trinajstić information content (AvgIpc) is 2.55. The van der Waals surface area contributed by atoms with E-state index in [1.807, 2.05) is 0 Å². The first-order valence-corrected chi connectivity index (χ1v) is 6.36. The van der Waals surface area contributed by atoms with Crippen molar-refractivity contribution >= 4 is 5.91 Å². The van der Waals surface area contributed by atoms with E-state index in [0.29, 0.717) is 33.0 Å². The van der Waals surface area contributed by atoms with E-state index < -0.39 is 17.1 Å². The topological polar surface area (TPSA) is 93.0 Å². The van der Waals surface area contributed by atoms with Gasteiger partial charge in [-0.2, -0.15) is 0 Å². The van der Waals surface area contributed by atoms with Crippen molar-refractivity contribution in [2.45, 2.75) is 6.17 Å². The second kappa shape index (κ2) is 5.14. The Bertz CT molecular complexity index is 585. The Morgan fingerprint density at radius 2 is 2.05 bits per heavy atom.